The van der Waals surface area contributed by atoms with Crippen LogP contribution in [0.3, 0.4) is 0 Å². The lowest BCUT2D eigenvalue weighted by molar-refractivity contribution is -0.141. The summed E-state index contributed by atoms with van der Waals surface area (Å²) in [5, 5.41) is 0. The van der Waals surface area contributed by atoms with Crippen molar-refractivity contribution in [2.24, 2.45) is 5.92 Å². The largest absolute Gasteiger partial charge is 0.497 e. The molecule has 0 bridgehead atoms. The lowest BCUT2D eigenvalue weighted by atomic mass is 9.65. The highest BCUT2D eigenvalue weighted by atomic mass is 16.5. The van der Waals surface area contributed by atoms with E-state index in [1.54, 1.807) is 42.5 Å². The van der Waals surface area contributed by atoms with Crippen LogP contribution in [0.2, 0.25) is 0 Å². The Balaban J connectivity index is 1.65. The number of ether oxygens (including phenoxy) is 2. The van der Waals surface area contributed by atoms with Crippen LogP contribution in [-0.2, 0) is 25.2 Å². The van der Waals surface area contributed by atoms with E-state index in [9.17, 15) is 14.4 Å². The minimum atomic E-state index is -1.46. The van der Waals surface area contributed by atoms with Gasteiger partial charge in [0.25, 0.3) is 0 Å². The summed E-state index contributed by atoms with van der Waals surface area (Å²) in [5.74, 6) is -1.39. The molecule has 2 aliphatic rings. The van der Waals surface area contributed by atoms with Gasteiger partial charge in [-0.3, -0.25) is 19.3 Å². The number of methoxy groups -OCH3 is 1. The molecule has 0 aliphatic carbocycles. The second-order valence-electron chi connectivity index (χ2n) is 10.0. The van der Waals surface area contributed by atoms with Gasteiger partial charge >= 0.3 is 5.97 Å². The fourth-order valence-corrected chi connectivity index (χ4v) is 5.18. The quantitative estimate of drug-likeness (QED) is 0.312. The van der Waals surface area contributed by atoms with Crippen molar-refractivity contribution in [1.82, 2.24) is 0 Å². The summed E-state index contributed by atoms with van der Waals surface area (Å²) >= 11 is 0. The number of benzene rings is 3. The van der Waals surface area contributed by atoms with Gasteiger partial charge in [0.05, 0.1) is 18.7 Å². The van der Waals surface area contributed by atoms with Crippen molar-refractivity contribution in [2.45, 2.75) is 38.0 Å². The van der Waals surface area contributed by atoms with Crippen molar-refractivity contribution in [2.75, 3.05) is 12.0 Å². The smallest absolute Gasteiger partial charge is 0.327 e. The molecule has 1 saturated heterocycles. The Bertz CT molecular complexity index is 1320. The topological polar surface area (TPSA) is 72.9 Å². The molecule has 0 aromatic heterocycles. The van der Waals surface area contributed by atoms with Crippen LogP contribution in [0, 0.1) is 5.92 Å². The van der Waals surface area contributed by atoms with Crippen LogP contribution in [-0.4, -0.2) is 24.9 Å². The van der Waals surface area contributed by atoms with Gasteiger partial charge in [0.1, 0.15) is 16.9 Å². The molecule has 178 valence electrons. The van der Waals surface area contributed by atoms with E-state index in [0.717, 1.165) is 5.56 Å². The monoisotopic (exact) mass is 469 g/mol. The van der Waals surface area contributed by atoms with E-state index >= 15 is 0 Å². The zero-order chi connectivity index (χ0) is 25.0. The molecule has 3 aromatic rings. The maximum absolute atomic E-state index is 13.9. The van der Waals surface area contributed by atoms with E-state index in [2.05, 4.69) is 20.8 Å². The van der Waals surface area contributed by atoms with E-state index in [-0.39, 0.29) is 17.7 Å². The van der Waals surface area contributed by atoms with Crippen LogP contribution in [0.4, 0.5) is 5.69 Å². The number of imide groups is 1. The van der Waals surface area contributed by atoms with Gasteiger partial charge in [0.15, 0.2) is 0 Å². The Hall–Kier alpha value is -3.93. The first kappa shape index (κ1) is 22.8. The third-order valence-corrected chi connectivity index (χ3v) is 7.03. The predicted octanol–water partition coefficient (Wildman–Crippen LogP) is 4.78. The number of fused-ring (bicyclic) bond motifs is 1. The molecule has 2 aliphatic heterocycles. The fraction of sp³-hybridized carbons (Fsp3) is 0.276. The Kier molecular flexibility index (Phi) is 5.28. The summed E-state index contributed by atoms with van der Waals surface area (Å²) in [6, 6.07) is 21.6. The van der Waals surface area contributed by atoms with Crippen LogP contribution in [0.15, 0.2) is 72.8 Å². The third-order valence-electron chi connectivity index (χ3n) is 7.03. The number of nitrogens with zero attached hydrogens (tertiary/aromatic N) is 1. The molecule has 2 heterocycles. The second kappa shape index (κ2) is 8.08. The van der Waals surface area contributed by atoms with Crippen molar-refractivity contribution >= 4 is 23.5 Å². The van der Waals surface area contributed by atoms with Gasteiger partial charge < -0.3 is 9.47 Å². The number of hydrogen-bond acceptors (Lipinski definition) is 5. The SMILES string of the molecule is COc1ccc2c(c1)[C@@](c1ccccc1)([C@@H]1CC(=O)N(c3ccc(C(C)(C)C)cc3)C1=O)C(=O)O2. The molecule has 0 radical (unpaired) electrons. The van der Waals surface area contributed by atoms with Gasteiger partial charge in [0.2, 0.25) is 11.8 Å². The maximum Gasteiger partial charge on any atom is 0.327 e. The fourth-order valence-electron chi connectivity index (χ4n) is 5.18. The first-order chi connectivity index (χ1) is 16.7. The van der Waals surface area contributed by atoms with Crippen LogP contribution in [0.25, 0.3) is 0 Å². The lowest BCUT2D eigenvalue weighted by Crippen LogP contribution is -2.46. The normalized spacial score (nSPS) is 21.8. The van der Waals surface area contributed by atoms with Crippen LogP contribution in [0.5, 0.6) is 11.5 Å². The molecule has 6 heteroatoms. The molecular weight excluding hydrogens is 442 g/mol. The molecule has 2 atom stereocenters. The Labute approximate surface area is 204 Å². The standard InChI is InChI=1S/C29H27NO5/c1-28(2,3)18-10-12-20(13-11-18)30-25(31)17-23(26(30)32)29(19-8-6-5-7-9-19)22-16-21(34-4)14-15-24(22)35-27(29)33/h5-16,23H,17H2,1-4H3/t23-,29+/m1/s1. The van der Waals surface area contributed by atoms with Crippen molar-refractivity contribution in [1.29, 1.82) is 0 Å². The summed E-state index contributed by atoms with van der Waals surface area (Å²) < 4.78 is 11.1. The van der Waals surface area contributed by atoms with E-state index in [1.165, 1.54) is 12.0 Å². The van der Waals surface area contributed by atoms with Gasteiger partial charge in [-0.1, -0.05) is 63.2 Å². The molecule has 0 saturated carbocycles. The number of carbonyl (C=O) groups excluding carboxylic acids is 3. The van der Waals surface area contributed by atoms with E-state index < -0.39 is 23.2 Å². The number of hydrogen-bond donors (Lipinski definition) is 0. The molecule has 0 N–H and O–H groups in total. The summed E-state index contributed by atoms with van der Waals surface area (Å²) in [6.45, 7) is 6.31. The second-order valence-corrected chi connectivity index (χ2v) is 10.0. The van der Waals surface area contributed by atoms with Gasteiger partial charge in [-0.25, -0.2) is 0 Å². The first-order valence-corrected chi connectivity index (χ1v) is 11.6. The number of carbonyl (C=O) groups is 3. The van der Waals surface area contributed by atoms with Crippen molar-refractivity contribution in [3.05, 3.63) is 89.5 Å². The minimum absolute atomic E-state index is 0.0617. The molecule has 0 spiro atoms. The lowest BCUT2D eigenvalue weighted by Gasteiger charge is -2.31. The molecule has 5 rings (SSSR count). The number of anilines is 1. The van der Waals surface area contributed by atoms with Crippen molar-refractivity contribution in [3.63, 3.8) is 0 Å². The number of rotatable bonds is 4. The zero-order valence-electron chi connectivity index (χ0n) is 20.2. The average molecular weight is 470 g/mol. The number of amides is 2. The summed E-state index contributed by atoms with van der Waals surface area (Å²) in [4.78, 5) is 42.1. The Morgan fingerprint density at radius 2 is 1.63 bits per heavy atom. The highest BCUT2D eigenvalue weighted by Crippen LogP contribution is 2.53. The van der Waals surface area contributed by atoms with Crippen LogP contribution in [0.1, 0.15) is 43.9 Å². The highest BCUT2D eigenvalue weighted by molar-refractivity contribution is 6.23. The van der Waals surface area contributed by atoms with Crippen LogP contribution < -0.4 is 14.4 Å². The Morgan fingerprint density at radius 1 is 0.943 bits per heavy atom. The molecule has 0 unspecified atom stereocenters. The van der Waals surface area contributed by atoms with E-state index in [1.807, 2.05) is 30.3 Å². The predicted molar refractivity (Wildman–Crippen MR) is 132 cm³/mol. The Morgan fingerprint density at radius 3 is 2.26 bits per heavy atom. The molecular formula is C29H27NO5. The summed E-state index contributed by atoms with van der Waals surface area (Å²) in [5.41, 5.74) is 1.21. The minimum Gasteiger partial charge on any atom is -0.497 e. The first-order valence-electron chi connectivity index (χ1n) is 11.6. The van der Waals surface area contributed by atoms with Gasteiger partial charge in [-0.15, -0.1) is 0 Å². The van der Waals surface area contributed by atoms with Crippen LogP contribution >= 0.6 is 0 Å². The molecule has 6 nitrogen and oxygen atoms in total. The van der Waals surface area contributed by atoms with Gasteiger partial charge in [0, 0.05) is 12.0 Å². The summed E-state index contributed by atoms with van der Waals surface area (Å²) in [7, 11) is 1.54. The van der Waals surface area contributed by atoms with Gasteiger partial charge in [-0.05, 0) is 46.9 Å². The average Bonchev–Trinajstić information content (AvgIpc) is 3.30. The zero-order valence-corrected chi connectivity index (χ0v) is 20.2. The molecule has 2 amide bonds. The highest BCUT2D eigenvalue weighted by Gasteiger charge is 2.62. The van der Waals surface area contributed by atoms with Gasteiger partial charge in [-0.2, -0.15) is 0 Å². The van der Waals surface area contributed by atoms with Crippen molar-refractivity contribution in [3.8, 4) is 11.5 Å². The third kappa shape index (κ3) is 3.43. The molecule has 3 aromatic carbocycles. The maximum atomic E-state index is 13.9. The van der Waals surface area contributed by atoms with E-state index in [0.29, 0.717) is 28.3 Å². The number of esters is 1. The van der Waals surface area contributed by atoms with Crippen molar-refractivity contribution < 1.29 is 23.9 Å². The summed E-state index contributed by atoms with van der Waals surface area (Å²) in [6.07, 6.45) is -0.111. The van der Waals surface area contributed by atoms with E-state index in [4.69, 9.17) is 9.47 Å². The molecule has 1 fully saturated rings. The molecule has 35 heavy (non-hydrogen) atoms.